The third-order valence-corrected chi connectivity index (χ3v) is 6.71. The third kappa shape index (κ3) is 6.52. The summed E-state index contributed by atoms with van der Waals surface area (Å²) in [6.45, 7) is 10.6. The molecule has 2 N–H and O–H groups in total. The monoisotopic (exact) mass is 537 g/mol. The molecular weight excluding hydrogens is 502 g/mol. The van der Waals surface area contributed by atoms with Crippen LogP contribution in [0.25, 0.3) is 0 Å². The molecule has 1 amide bonds. The Labute approximate surface area is 229 Å². The van der Waals surface area contributed by atoms with E-state index < -0.39 is 0 Å². The predicted octanol–water partition coefficient (Wildman–Crippen LogP) is 4.55. The number of ether oxygens (including phenoxy) is 1. The van der Waals surface area contributed by atoms with Gasteiger partial charge in [0.2, 0.25) is 5.28 Å². The van der Waals surface area contributed by atoms with E-state index in [-0.39, 0.29) is 11.2 Å². The van der Waals surface area contributed by atoms with Crippen LogP contribution >= 0.6 is 11.6 Å². The quantitative estimate of drug-likeness (QED) is 0.442. The summed E-state index contributed by atoms with van der Waals surface area (Å²) in [6.07, 6.45) is 2.31. The van der Waals surface area contributed by atoms with Crippen LogP contribution in [0.4, 0.5) is 17.2 Å². The van der Waals surface area contributed by atoms with Gasteiger partial charge in [-0.05, 0) is 53.9 Å². The Bertz CT molecular complexity index is 1260. The molecule has 0 unspecified atom stereocenters. The van der Waals surface area contributed by atoms with Gasteiger partial charge in [0.15, 0.2) is 0 Å². The molecule has 10 heteroatoms. The fourth-order valence-electron chi connectivity index (χ4n) is 4.71. The number of benzene rings is 1. The fraction of sp³-hybridized carbons (Fsp3) is 0.429. The molecule has 0 spiro atoms. The van der Waals surface area contributed by atoms with Crippen molar-refractivity contribution in [3.63, 3.8) is 0 Å². The van der Waals surface area contributed by atoms with Gasteiger partial charge in [0.05, 0.1) is 25.5 Å². The van der Waals surface area contributed by atoms with E-state index >= 15 is 0 Å². The number of pyridine rings is 1. The second-order valence-corrected chi connectivity index (χ2v) is 9.39. The number of aromatic nitrogens is 3. The molecule has 38 heavy (non-hydrogen) atoms. The number of rotatable bonds is 6. The molecule has 2 aliphatic rings. The van der Waals surface area contributed by atoms with E-state index in [1.54, 1.807) is 6.20 Å². The van der Waals surface area contributed by atoms with Crippen LogP contribution in [0.5, 0.6) is 0 Å². The molecule has 0 atom stereocenters. The number of amides is 1. The highest BCUT2D eigenvalue weighted by Crippen LogP contribution is 2.27. The topological polar surface area (TPSA) is 95.5 Å². The molecule has 3 aromatic rings. The first-order chi connectivity index (χ1) is 18.5. The molecule has 2 aliphatic heterocycles. The van der Waals surface area contributed by atoms with Crippen LogP contribution in [0, 0.1) is 6.92 Å². The van der Waals surface area contributed by atoms with Gasteiger partial charge in [0, 0.05) is 62.8 Å². The van der Waals surface area contributed by atoms with Crippen molar-refractivity contribution in [2.24, 2.45) is 0 Å². The maximum Gasteiger partial charge on any atom is 0.272 e. The lowest BCUT2D eigenvalue weighted by Gasteiger charge is -2.31. The average molecular weight is 538 g/mol. The van der Waals surface area contributed by atoms with E-state index in [1.807, 2.05) is 37.9 Å². The second-order valence-electron chi connectivity index (χ2n) is 9.05. The van der Waals surface area contributed by atoms with Gasteiger partial charge in [0.25, 0.3) is 5.91 Å². The van der Waals surface area contributed by atoms with E-state index in [0.717, 1.165) is 41.3 Å². The summed E-state index contributed by atoms with van der Waals surface area (Å²) in [5, 5.41) is 6.82. The molecule has 1 aromatic carbocycles. The molecule has 9 nitrogen and oxygen atoms in total. The van der Waals surface area contributed by atoms with Gasteiger partial charge in [-0.3, -0.25) is 9.78 Å². The number of halogens is 1. The Balaban J connectivity index is 0.00000164. The van der Waals surface area contributed by atoms with E-state index in [0.29, 0.717) is 50.8 Å². The van der Waals surface area contributed by atoms with Crippen LogP contribution in [0.15, 0.2) is 36.5 Å². The van der Waals surface area contributed by atoms with Crippen molar-refractivity contribution >= 4 is 34.7 Å². The number of hydrogen-bond donors (Lipinski definition) is 2. The maximum absolute atomic E-state index is 13.4. The number of morpholine rings is 1. The lowest BCUT2D eigenvalue weighted by Crippen LogP contribution is -2.38. The van der Waals surface area contributed by atoms with Crippen molar-refractivity contribution in [2.75, 3.05) is 55.4 Å². The van der Waals surface area contributed by atoms with Gasteiger partial charge in [-0.15, -0.1) is 0 Å². The zero-order valence-corrected chi connectivity index (χ0v) is 23.3. The number of fused-ring (bicyclic) bond motifs is 1. The zero-order chi connectivity index (χ0) is 27.1. The van der Waals surface area contributed by atoms with Crippen molar-refractivity contribution in [3.8, 4) is 0 Å². The van der Waals surface area contributed by atoms with Crippen molar-refractivity contribution < 1.29 is 9.53 Å². The minimum atomic E-state index is -0.103. The number of carbonyl (C=O) groups is 1. The summed E-state index contributed by atoms with van der Waals surface area (Å²) in [5.74, 6) is 0.555. The third-order valence-electron chi connectivity index (χ3n) is 6.54. The fourth-order valence-corrected chi connectivity index (χ4v) is 4.90. The lowest BCUT2D eigenvalue weighted by molar-refractivity contribution is 0.0728. The van der Waals surface area contributed by atoms with Gasteiger partial charge < -0.3 is 25.2 Å². The molecule has 1 fully saturated rings. The molecule has 0 radical (unpaired) electrons. The average Bonchev–Trinajstić information content (AvgIpc) is 2.96. The highest BCUT2D eigenvalue weighted by atomic mass is 35.5. The largest absolute Gasteiger partial charge is 0.388 e. The summed E-state index contributed by atoms with van der Waals surface area (Å²) < 4.78 is 5.45. The summed E-state index contributed by atoms with van der Waals surface area (Å²) in [6, 6.07) is 10.1. The van der Waals surface area contributed by atoms with Gasteiger partial charge in [0.1, 0.15) is 11.5 Å². The number of carbonyl (C=O) groups excluding carboxylic acids is 1. The molecule has 0 bridgehead atoms. The molecule has 0 saturated carbocycles. The van der Waals surface area contributed by atoms with Crippen molar-refractivity contribution in [2.45, 2.75) is 40.3 Å². The van der Waals surface area contributed by atoms with Crippen LogP contribution in [-0.2, 0) is 24.2 Å². The molecule has 0 aliphatic carbocycles. The number of aryl methyl sites for hydroxylation is 1. The van der Waals surface area contributed by atoms with Crippen LogP contribution in [0.2, 0.25) is 5.28 Å². The normalized spacial score (nSPS) is 14.8. The van der Waals surface area contributed by atoms with Crippen LogP contribution in [-0.4, -0.2) is 65.7 Å². The summed E-state index contributed by atoms with van der Waals surface area (Å²) in [5.41, 5.74) is 6.54. The first-order valence-corrected chi connectivity index (χ1v) is 13.5. The van der Waals surface area contributed by atoms with E-state index in [4.69, 9.17) is 16.3 Å². The van der Waals surface area contributed by atoms with Crippen LogP contribution < -0.4 is 15.5 Å². The molecule has 202 valence electrons. The minimum Gasteiger partial charge on any atom is -0.388 e. The summed E-state index contributed by atoms with van der Waals surface area (Å²) in [7, 11) is 1.91. The lowest BCUT2D eigenvalue weighted by atomic mass is 10.0. The standard InChI is InChI=1S/C26H30ClN7O2.C2H6/c1-17-11-18(13-19(12-17)28-2)15-30-24-21-16-34(6-4-22(21)31-26(27)32-24)25(35)23-14-20(3-5-29-23)33-7-9-36-10-8-33;1-2/h3,5,11-14,28H,4,6-10,15-16H2,1-2H3,(H,30,31,32);1-2H3. The van der Waals surface area contributed by atoms with Crippen molar-refractivity contribution in [1.29, 1.82) is 0 Å². The van der Waals surface area contributed by atoms with Crippen molar-refractivity contribution in [1.82, 2.24) is 19.9 Å². The summed E-state index contributed by atoms with van der Waals surface area (Å²) in [4.78, 5) is 30.8. The molecule has 4 heterocycles. The Morgan fingerprint density at radius 2 is 1.89 bits per heavy atom. The smallest absolute Gasteiger partial charge is 0.272 e. The van der Waals surface area contributed by atoms with Gasteiger partial charge in [-0.1, -0.05) is 19.9 Å². The van der Waals surface area contributed by atoms with Crippen LogP contribution in [0.1, 0.15) is 46.7 Å². The number of nitrogens with zero attached hydrogens (tertiary/aromatic N) is 5. The van der Waals surface area contributed by atoms with E-state index in [9.17, 15) is 4.79 Å². The van der Waals surface area contributed by atoms with E-state index in [2.05, 4.69) is 55.6 Å². The molecular formula is C28H36ClN7O2. The predicted molar refractivity (Wildman–Crippen MR) is 152 cm³/mol. The maximum atomic E-state index is 13.4. The Hall–Kier alpha value is -3.43. The SMILES string of the molecule is CC.CNc1cc(C)cc(CNc2nc(Cl)nc3c2CN(C(=O)c2cc(N4CCOCC4)ccn2)CC3)c1. The van der Waals surface area contributed by atoms with E-state index in [1.165, 1.54) is 5.56 Å². The highest BCUT2D eigenvalue weighted by Gasteiger charge is 2.27. The Morgan fingerprint density at radius 1 is 1.11 bits per heavy atom. The van der Waals surface area contributed by atoms with Crippen molar-refractivity contribution in [3.05, 3.63) is 69.9 Å². The molecule has 5 rings (SSSR count). The van der Waals surface area contributed by atoms with Gasteiger partial charge >= 0.3 is 0 Å². The number of anilines is 3. The van der Waals surface area contributed by atoms with Gasteiger partial charge in [-0.25, -0.2) is 9.97 Å². The number of hydrogen-bond acceptors (Lipinski definition) is 8. The summed E-state index contributed by atoms with van der Waals surface area (Å²) >= 11 is 6.25. The number of nitrogens with one attached hydrogen (secondary N) is 2. The first-order valence-electron chi connectivity index (χ1n) is 13.2. The minimum absolute atomic E-state index is 0.103. The second kappa shape index (κ2) is 12.9. The Kier molecular flexibility index (Phi) is 9.36. The molecule has 1 saturated heterocycles. The first kappa shape index (κ1) is 27.6. The Morgan fingerprint density at radius 3 is 2.66 bits per heavy atom. The zero-order valence-electron chi connectivity index (χ0n) is 22.6. The van der Waals surface area contributed by atoms with Gasteiger partial charge in [-0.2, -0.15) is 0 Å². The highest BCUT2D eigenvalue weighted by molar-refractivity contribution is 6.28. The van der Waals surface area contributed by atoms with Crippen LogP contribution in [0.3, 0.4) is 0 Å². The molecule has 2 aromatic heterocycles.